The van der Waals surface area contributed by atoms with Gasteiger partial charge in [-0.25, -0.2) is 4.21 Å². The summed E-state index contributed by atoms with van der Waals surface area (Å²) in [6.07, 6.45) is 10.0. The molecule has 34 heavy (non-hydrogen) atoms. The summed E-state index contributed by atoms with van der Waals surface area (Å²) in [6, 6.07) is 5.60. The van der Waals surface area contributed by atoms with Crippen molar-refractivity contribution < 1.29 is 18.5 Å². The molecule has 1 aromatic rings. The maximum absolute atomic E-state index is 13.1. The number of nitrogens with zero attached hydrogens (tertiary/aromatic N) is 1. The minimum atomic E-state index is -1.52. The van der Waals surface area contributed by atoms with Crippen molar-refractivity contribution in [2.24, 2.45) is 23.7 Å². The standard InChI is InChI=1S/C27H40N2O4S/c1-4-7-20-15-29-16-23-11-10-21(23)9-6-5-8-19(2)26(18-32-3)34(31)28-27(30)22-12-13-25(33-17-20)24(29)14-22/h4,12-14,19-21,23,26H,1,5-11,15-18H2,2-3H3,(H,28,30). The monoisotopic (exact) mass is 488 g/mol. The number of anilines is 1. The lowest BCUT2D eigenvalue weighted by Gasteiger charge is -2.41. The average molecular weight is 489 g/mol. The van der Waals surface area contributed by atoms with Crippen molar-refractivity contribution in [1.29, 1.82) is 0 Å². The van der Waals surface area contributed by atoms with Crippen LogP contribution in [0.15, 0.2) is 30.9 Å². The van der Waals surface area contributed by atoms with Crippen molar-refractivity contribution >= 4 is 22.6 Å². The third-order valence-corrected chi connectivity index (χ3v) is 9.50. The van der Waals surface area contributed by atoms with Crippen LogP contribution in [0.4, 0.5) is 5.69 Å². The molecule has 0 spiro atoms. The summed E-state index contributed by atoms with van der Waals surface area (Å²) in [5.41, 5.74) is 1.49. The highest BCUT2D eigenvalue weighted by Gasteiger charge is 2.34. The van der Waals surface area contributed by atoms with Crippen LogP contribution in [0.2, 0.25) is 0 Å². The molecule has 1 amide bonds. The van der Waals surface area contributed by atoms with Gasteiger partial charge >= 0.3 is 0 Å². The summed E-state index contributed by atoms with van der Waals surface area (Å²) in [4.78, 5) is 15.6. The summed E-state index contributed by atoms with van der Waals surface area (Å²) in [6.45, 7) is 8.97. The molecule has 0 radical (unpaired) electrons. The van der Waals surface area contributed by atoms with Crippen molar-refractivity contribution in [3.8, 4) is 5.75 Å². The number of nitrogens with one attached hydrogen (secondary N) is 1. The molecule has 2 aliphatic heterocycles. The van der Waals surface area contributed by atoms with Crippen LogP contribution >= 0.6 is 0 Å². The predicted octanol–water partition coefficient (Wildman–Crippen LogP) is 4.72. The molecule has 0 saturated heterocycles. The maximum atomic E-state index is 13.1. The Bertz CT molecular complexity index is 891. The van der Waals surface area contributed by atoms with Crippen LogP contribution < -0.4 is 14.4 Å². The highest BCUT2D eigenvalue weighted by molar-refractivity contribution is 7.84. The number of allylic oxidation sites excluding steroid dienone is 1. The van der Waals surface area contributed by atoms with E-state index in [1.807, 2.05) is 18.2 Å². The summed E-state index contributed by atoms with van der Waals surface area (Å²) in [5, 5.41) is -0.223. The van der Waals surface area contributed by atoms with Crippen molar-refractivity contribution in [1.82, 2.24) is 4.72 Å². The second kappa shape index (κ2) is 11.7. The second-order valence-corrected chi connectivity index (χ2v) is 11.8. The molecular weight excluding hydrogens is 448 g/mol. The number of carbonyl (C=O) groups is 1. The van der Waals surface area contributed by atoms with Crippen molar-refractivity contribution in [2.75, 3.05) is 38.3 Å². The normalized spacial score (nSPS) is 32.4. The molecule has 6 unspecified atom stereocenters. The number of ether oxygens (including phenoxy) is 2. The van der Waals surface area contributed by atoms with E-state index in [4.69, 9.17) is 9.47 Å². The first-order valence-corrected chi connectivity index (χ1v) is 14.0. The molecule has 2 bridgehead atoms. The third kappa shape index (κ3) is 5.85. The molecular formula is C27H40N2O4S. The smallest absolute Gasteiger partial charge is 0.263 e. The molecule has 0 aromatic heterocycles. The maximum Gasteiger partial charge on any atom is 0.263 e. The van der Waals surface area contributed by atoms with E-state index >= 15 is 0 Å². The van der Waals surface area contributed by atoms with Crippen LogP contribution in [0.25, 0.3) is 0 Å². The number of amides is 1. The van der Waals surface area contributed by atoms with E-state index in [0.29, 0.717) is 30.6 Å². The van der Waals surface area contributed by atoms with Crippen molar-refractivity contribution in [3.05, 3.63) is 36.4 Å². The highest BCUT2D eigenvalue weighted by atomic mass is 32.2. The van der Waals surface area contributed by atoms with E-state index in [0.717, 1.165) is 49.7 Å². The number of fused-ring (bicyclic) bond motifs is 2. The Kier molecular flexibility index (Phi) is 8.70. The van der Waals surface area contributed by atoms with Crippen molar-refractivity contribution in [3.63, 3.8) is 0 Å². The summed E-state index contributed by atoms with van der Waals surface area (Å²) in [7, 11) is 0.111. The minimum absolute atomic E-state index is 0.212. The lowest BCUT2D eigenvalue weighted by molar-refractivity contribution is 0.0981. The Morgan fingerprint density at radius 3 is 2.74 bits per heavy atom. The van der Waals surface area contributed by atoms with Gasteiger partial charge in [-0.05, 0) is 61.6 Å². The van der Waals surface area contributed by atoms with E-state index in [2.05, 4.69) is 23.1 Å². The minimum Gasteiger partial charge on any atom is -0.491 e. The van der Waals surface area contributed by atoms with Gasteiger partial charge in [0.2, 0.25) is 0 Å². The van der Waals surface area contributed by atoms with E-state index in [1.165, 1.54) is 25.7 Å². The Morgan fingerprint density at radius 1 is 1.21 bits per heavy atom. The van der Waals surface area contributed by atoms with Gasteiger partial charge < -0.3 is 14.4 Å². The summed E-state index contributed by atoms with van der Waals surface area (Å²) in [5.74, 6) is 2.55. The van der Waals surface area contributed by atoms with Gasteiger partial charge in [-0.15, -0.1) is 6.58 Å². The quantitative estimate of drug-likeness (QED) is 0.621. The van der Waals surface area contributed by atoms with Gasteiger partial charge in [0.25, 0.3) is 5.91 Å². The first-order chi connectivity index (χ1) is 16.5. The number of benzene rings is 1. The molecule has 6 atom stereocenters. The van der Waals surface area contributed by atoms with Crippen LogP contribution in [0, 0.1) is 23.7 Å². The number of hydrogen-bond donors (Lipinski definition) is 1. The van der Waals surface area contributed by atoms with E-state index in [1.54, 1.807) is 13.2 Å². The first kappa shape index (κ1) is 25.2. The number of rotatable bonds is 4. The Labute approximate surface area is 207 Å². The fourth-order valence-corrected chi connectivity index (χ4v) is 6.95. The van der Waals surface area contributed by atoms with Gasteiger partial charge in [0.05, 0.1) is 24.2 Å². The zero-order valence-electron chi connectivity index (χ0n) is 20.7. The van der Waals surface area contributed by atoms with Gasteiger partial charge in [0.15, 0.2) is 0 Å². The van der Waals surface area contributed by atoms with Gasteiger partial charge in [-0.3, -0.25) is 9.52 Å². The van der Waals surface area contributed by atoms with Crippen LogP contribution in [0.3, 0.4) is 0 Å². The predicted molar refractivity (Wildman–Crippen MR) is 138 cm³/mol. The zero-order valence-corrected chi connectivity index (χ0v) is 21.5. The molecule has 1 aliphatic carbocycles. The summed E-state index contributed by atoms with van der Waals surface area (Å²) >= 11 is 0. The van der Waals surface area contributed by atoms with Crippen LogP contribution in [-0.2, 0) is 15.7 Å². The second-order valence-electron chi connectivity index (χ2n) is 10.4. The molecule has 1 saturated carbocycles. The highest BCUT2D eigenvalue weighted by Crippen LogP contribution is 2.42. The van der Waals surface area contributed by atoms with E-state index < -0.39 is 11.0 Å². The lowest BCUT2D eigenvalue weighted by atomic mass is 9.70. The summed E-state index contributed by atoms with van der Waals surface area (Å²) < 4.78 is 27.4. The molecule has 6 nitrogen and oxygen atoms in total. The molecule has 1 N–H and O–H groups in total. The van der Waals surface area contributed by atoms with Gasteiger partial charge in [-0.2, -0.15) is 0 Å². The van der Waals surface area contributed by atoms with E-state index in [9.17, 15) is 9.00 Å². The molecule has 7 heteroatoms. The number of carbonyl (C=O) groups excluding carboxylic acids is 1. The average Bonchev–Trinajstić information content (AvgIpc) is 2.98. The van der Waals surface area contributed by atoms with Crippen LogP contribution in [0.5, 0.6) is 5.75 Å². The zero-order chi connectivity index (χ0) is 24.1. The Hall–Kier alpha value is -1.86. The van der Waals surface area contributed by atoms with E-state index in [-0.39, 0.29) is 17.1 Å². The van der Waals surface area contributed by atoms with Gasteiger partial charge in [-0.1, -0.05) is 32.3 Å². The third-order valence-electron chi connectivity index (χ3n) is 7.96. The molecule has 4 rings (SSSR count). The van der Waals surface area contributed by atoms with Crippen molar-refractivity contribution in [2.45, 2.75) is 57.1 Å². The largest absolute Gasteiger partial charge is 0.491 e. The Morgan fingerprint density at radius 2 is 2.00 bits per heavy atom. The molecule has 1 aromatic carbocycles. The lowest BCUT2D eigenvalue weighted by Crippen LogP contribution is -2.41. The molecule has 2 heterocycles. The fraction of sp³-hybridized carbons (Fsp3) is 0.667. The number of methoxy groups -OCH3 is 1. The number of hydrogen-bond acceptors (Lipinski definition) is 5. The molecule has 188 valence electrons. The Balaban J connectivity index is 1.64. The first-order valence-electron chi connectivity index (χ1n) is 12.8. The SMILES string of the molecule is C=CCC1COc2ccc3cc2N(C1)CC1CCC1CCCCC(C)C(COC)S(=O)NC3=O. The fourth-order valence-electron chi connectivity index (χ4n) is 5.68. The van der Waals surface area contributed by atoms with Crippen LogP contribution in [-0.4, -0.2) is 48.8 Å². The molecule has 1 fully saturated rings. The van der Waals surface area contributed by atoms with Crippen LogP contribution in [0.1, 0.15) is 62.2 Å². The van der Waals surface area contributed by atoms with Gasteiger partial charge in [0.1, 0.15) is 16.7 Å². The van der Waals surface area contributed by atoms with Gasteiger partial charge in [0, 0.05) is 31.7 Å². The molecule has 3 aliphatic rings. The topological polar surface area (TPSA) is 67.9 Å².